The van der Waals surface area contributed by atoms with Gasteiger partial charge in [0.15, 0.2) is 0 Å². The second-order valence-electron chi connectivity index (χ2n) is 7.94. The van der Waals surface area contributed by atoms with Gasteiger partial charge in [0.1, 0.15) is 12.1 Å². The molecule has 0 fully saturated rings. The van der Waals surface area contributed by atoms with E-state index >= 15 is 0 Å². The minimum absolute atomic E-state index is 0.120. The fraction of sp³-hybridized carbons (Fsp3) is 0.478. The van der Waals surface area contributed by atoms with Crippen LogP contribution in [0.5, 0.6) is 0 Å². The molecule has 194 valence electrons. The first-order valence-corrected chi connectivity index (χ1v) is 11.3. The minimum atomic E-state index is -1.30. The van der Waals surface area contributed by atoms with Crippen LogP contribution in [-0.2, 0) is 25.6 Å². The van der Waals surface area contributed by atoms with Crippen molar-refractivity contribution in [2.45, 2.75) is 50.2 Å². The summed E-state index contributed by atoms with van der Waals surface area (Å²) in [5.41, 5.74) is 17.3. The van der Waals surface area contributed by atoms with E-state index in [1.807, 2.05) is 0 Å². The fourth-order valence-corrected chi connectivity index (χ4v) is 3.20. The van der Waals surface area contributed by atoms with Gasteiger partial charge in [0, 0.05) is 19.9 Å². The van der Waals surface area contributed by atoms with E-state index < -0.39 is 48.4 Å². The Labute approximate surface area is 209 Å². The molecular weight excluding hydrogens is 468 g/mol. The molecule has 0 aliphatic heterocycles. The van der Waals surface area contributed by atoms with Crippen molar-refractivity contribution in [3.8, 4) is 12.3 Å². The number of benzene rings is 1. The standard InChI is InChI=1S/C23H32N8O5/c1-3-9-18(23(35)36)28-22(34)19(14-16-10-5-4-6-11-16)31(2)20(32)15-26-21(33)17(24)12-7-8-13-27-30-29-25/h1,4-6,10-11,17-19,27H,7-9,12-15,24H2,2H3,(H,26,33)(H,28,34)(H,35,36)/t17-,18+,19+/m1/s1. The highest BCUT2D eigenvalue weighted by Gasteiger charge is 2.30. The van der Waals surface area contributed by atoms with Gasteiger partial charge < -0.3 is 26.4 Å². The van der Waals surface area contributed by atoms with Gasteiger partial charge >= 0.3 is 5.97 Å². The maximum absolute atomic E-state index is 13.0. The Morgan fingerprint density at radius 1 is 1.22 bits per heavy atom. The Hall–Kier alpha value is -4.27. The number of azide groups is 1. The molecule has 0 aromatic heterocycles. The molecule has 0 radical (unpaired) electrons. The highest BCUT2D eigenvalue weighted by molar-refractivity contribution is 5.92. The number of likely N-dealkylation sites (N-methyl/N-ethyl adjacent to an activating group) is 1. The smallest absolute Gasteiger partial charge is 0.327 e. The average Bonchev–Trinajstić information content (AvgIpc) is 2.87. The first-order chi connectivity index (χ1) is 17.2. The molecule has 1 aromatic carbocycles. The molecule has 0 spiro atoms. The van der Waals surface area contributed by atoms with Gasteiger partial charge in [-0.2, -0.15) is 4.91 Å². The lowest BCUT2D eigenvalue weighted by Crippen LogP contribution is -2.55. The largest absolute Gasteiger partial charge is 0.480 e. The second-order valence-corrected chi connectivity index (χ2v) is 7.94. The third kappa shape index (κ3) is 10.8. The number of hydrogen-bond acceptors (Lipinski definition) is 6. The van der Waals surface area contributed by atoms with Crippen molar-refractivity contribution in [1.29, 1.82) is 0 Å². The van der Waals surface area contributed by atoms with Crippen molar-refractivity contribution in [1.82, 2.24) is 21.0 Å². The number of nitrogens with zero attached hydrogens (tertiary/aromatic N) is 4. The maximum atomic E-state index is 13.0. The van der Waals surface area contributed by atoms with Crippen LogP contribution in [0, 0.1) is 12.3 Å². The normalized spacial score (nSPS) is 12.6. The van der Waals surface area contributed by atoms with Gasteiger partial charge in [-0.05, 0) is 30.0 Å². The van der Waals surface area contributed by atoms with Gasteiger partial charge in [0.25, 0.3) is 0 Å². The van der Waals surface area contributed by atoms with Crippen molar-refractivity contribution in [2.24, 2.45) is 11.0 Å². The van der Waals surface area contributed by atoms with Crippen molar-refractivity contribution >= 4 is 23.7 Å². The summed E-state index contributed by atoms with van der Waals surface area (Å²) in [6.07, 6.45) is 6.69. The number of nitrogens with two attached hydrogens (primary N) is 1. The Balaban J connectivity index is 2.76. The number of unbranched alkanes of at least 4 members (excludes halogenated alkanes) is 1. The van der Waals surface area contributed by atoms with Crippen LogP contribution in [0.25, 0.3) is 10.4 Å². The SMILES string of the molecule is C#CC[C@H](NC(=O)[C@H](Cc1ccccc1)N(C)C(=O)CNC(=O)[C@H](N)CCCCNN=[N+]=[N-])C(=O)O. The summed E-state index contributed by atoms with van der Waals surface area (Å²) in [6, 6.07) is 5.72. The lowest BCUT2D eigenvalue weighted by molar-refractivity contribution is -0.144. The molecule has 0 aliphatic carbocycles. The van der Waals surface area contributed by atoms with Crippen LogP contribution in [0.1, 0.15) is 31.2 Å². The predicted octanol–water partition coefficient (Wildman–Crippen LogP) is 0.0775. The molecule has 36 heavy (non-hydrogen) atoms. The number of nitrogens with one attached hydrogen (secondary N) is 3. The first-order valence-electron chi connectivity index (χ1n) is 11.3. The van der Waals surface area contributed by atoms with E-state index in [1.54, 1.807) is 30.3 Å². The third-order valence-electron chi connectivity index (χ3n) is 5.29. The van der Waals surface area contributed by atoms with Crippen LogP contribution >= 0.6 is 0 Å². The molecule has 0 heterocycles. The number of aliphatic carboxylic acids is 1. The number of hydrogen-bond donors (Lipinski definition) is 5. The Bertz CT molecular complexity index is 974. The highest BCUT2D eigenvalue weighted by atomic mass is 16.4. The Morgan fingerprint density at radius 2 is 1.92 bits per heavy atom. The lowest BCUT2D eigenvalue weighted by Gasteiger charge is -2.29. The van der Waals surface area contributed by atoms with E-state index in [4.69, 9.17) is 17.7 Å². The molecule has 1 rings (SSSR count). The quantitative estimate of drug-likeness (QED) is 0.0527. The Kier molecular flexibility index (Phi) is 13.5. The van der Waals surface area contributed by atoms with E-state index in [0.717, 1.165) is 10.5 Å². The van der Waals surface area contributed by atoms with Gasteiger partial charge in [0.2, 0.25) is 17.7 Å². The molecular formula is C23H32N8O5. The molecule has 0 aliphatic rings. The maximum Gasteiger partial charge on any atom is 0.327 e. The van der Waals surface area contributed by atoms with Crippen molar-refractivity contribution < 1.29 is 24.3 Å². The lowest BCUT2D eigenvalue weighted by atomic mass is 10.0. The van der Waals surface area contributed by atoms with E-state index in [2.05, 4.69) is 32.1 Å². The summed E-state index contributed by atoms with van der Waals surface area (Å²) in [6.45, 7) is 0.0450. The zero-order valence-electron chi connectivity index (χ0n) is 20.1. The van der Waals surface area contributed by atoms with Crippen molar-refractivity contribution in [3.05, 3.63) is 46.3 Å². The molecule has 13 nitrogen and oxygen atoms in total. The number of rotatable bonds is 16. The Morgan fingerprint density at radius 3 is 2.53 bits per heavy atom. The van der Waals surface area contributed by atoms with Crippen LogP contribution in [-0.4, -0.2) is 72.0 Å². The van der Waals surface area contributed by atoms with Gasteiger partial charge in [-0.15, -0.1) is 17.9 Å². The van der Waals surface area contributed by atoms with E-state index in [1.165, 1.54) is 7.05 Å². The molecule has 6 N–H and O–H groups in total. The molecule has 3 amide bonds. The number of terminal acetylenes is 1. The van der Waals surface area contributed by atoms with Gasteiger partial charge in [-0.1, -0.05) is 30.3 Å². The van der Waals surface area contributed by atoms with Crippen LogP contribution in [0.3, 0.4) is 0 Å². The highest BCUT2D eigenvalue weighted by Crippen LogP contribution is 2.10. The van der Waals surface area contributed by atoms with Crippen LogP contribution in [0.4, 0.5) is 0 Å². The zero-order valence-corrected chi connectivity index (χ0v) is 20.1. The van der Waals surface area contributed by atoms with Crippen molar-refractivity contribution in [3.63, 3.8) is 0 Å². The van der Waals surface area contributed by atoms with E-state index in [9.17, 15) is 24.3 Å². The number of carbonyl (C=O) groups is 4. The summed E-state index contributed by atoms with van der Waals surface area (Å²) in [4.78, 5) is 53.2. The van der Waals surface area contributed by atoms with Gasteiger partial charge in [-0.3, -0.25) is 19.8 Å². The number of amides is 3. The van der Waals surface area contributed by atoms with Crippen molar-refractivity contribution in [2.75, 3.05) is 20.1 Å². The summed E-state index contributed by atoms with van der Waals surface area (Å²) < 4.78 is 0. The van der Waals surface area contributed by atoms with E-state index in [0.29, 0.717) is 25.8 Å². The summed E-state index contributed by atoms with van der Waals surface area (Å²) in [7, 11) is 1.40. The minimum Gasteiger partial charge on any atom is -0.480 e. The third-order valence-corrected chi connectivity index (χ3v) is 5.29. The van der Waals surface area contributed by atoms with Crippen LogP contribution in [0.15, 0.2) is 35.6 Å². The summed E-state index contributed by atoms with van der Waals surface area (Å²) in [5, 5.41) is 17.4. The van der Waals surface area contributed by atoms with E-state index in [-0.39, 0.29) is 12.8 Å². The van der Waals surface area contributed by atoms with Crippen LogP contribution < -0.4 is 21.8 Å². The number of carboxylic acid groups (broad SMARTS) is 1. The molecule has 0 saturated heterocycles. The van der Waals surface area contributed by atoms with Gasteiger partial charge in [-0.25, -0.2) is 4.79 Å². The second kappa shape index (κ2) is 16.4. The number of carbonyl (C=O) groups excluding carboxylic acids is 3. The summed E-state index contributed by atoms with van der Waals surface area (Å²) in [5.74, 6) is -0.851. The van der Waals surface area contributed by atoms with Gasteiger partial charge in [0.05, 0.1) is 19.1 Å². The predicted molar refractivity (Wildman–Crippen MR) is 132 cm³/mol. The molecule has 0 saturated carbocycles. The fourth-order valence-electron chi connectivity index (χ4n) is 3.20. The average molecular weight is 501 g/mol. The molecule has 1 aromatic rings. The monoisotopic (exact) mass is 500 g/mol. The molecule has 13 heteroatoms. The molecule has 0 bridgehead atoms. The zero-order chi connectivity index (χ0) is 26.9. The molecule has 0 unspecified atom stereocenters. The molecule has 3 atom stereocenters. The van der Waals surface area contributed by atoms with Crippen LogP contribution in [0.2, 0.25) is 0 Å². The number of carboxylic acids is 1. The first kappa shape index (κ1) is 29.8. The topological polar surface area (TPSA) is 203 Å². The summed E-state index contributed by atoms with van der Waals surface area (Å²) >= 11 is 0.